The van der Waals surface area contributed by atoms with Crippen LogP contribution in [0.4, 0.5) is 0 Å². The van der Waals surface area contributed by atoms with Gasteiger partial charge in [-0.3, -0.25) is 0 Å². The molecule has 74 valence electrons. The number of halogens is 3. The summed E-state index contributed by atoms with van der Waals surface area (Å²) in [6.07, 6.45) is 0.287. The number of ether oxygens (including phenoxy) is 1. The number of nitriles is 1. The fourth-order valence-corrected chi connectivity index (χ4v) is 1.79. The predicted octanol–water partition coefficient (Wildman–Crippen LogP) is 3.94. The lowest BCUT2D eigenvalue weighted by molar-refractivity contribution is 0.327. The van der Waals surface area contributed by atoms with E-state index in [0.717, 1.165) is 0 Å². The van der Waals surface area contributed by atoms with Gasteiger partial charge in [-0.15, -0.1) is 0 Å². The minimum atomic E-state index is 0.261. The van der Waals surface area contributed by atoms with Crippen molar-refractivity contribution in [2.24, 2.45) is 0 Å². The quantitative estimate of drug-likeness (QED) is 0.761. The molecule has 0 radical (unpaired) electrons. The zero-order valence-electron chi connectivity index (χ0n) is 7.06. The Morgan fingerprint density at radius 2 is 1.79 bits per heavy atom. The molecular weight excluding hydrogens is 244 g/mol. The Labute approximate surface area is 96.9 Å². The summed E-state index contributed by atoms with van der Waals surface area (Å²) in [5, 5.41) is 9.46. The first kappa shape index (κ1) is 11.5. The summed E-state index contributed by atoms with van der Waals surface area (Å²) < 4.78 is 5.22. The van der Waals surface area contributed by atoms with E-state index in [1.807, 2.05) is 6.07 Å². The molecule has 0 saturated heterocycles. The molecule has 0 atom stereocenters. The molecule has 0 aromatic heterocycles. The van der Waals surface area contributed by atoms with Crippen molar-refractivity contribution in [2.45, 2.75) is 6.42 Å². The Bertz CT molecular complexity index is 350. The molecule has 0 aliphatic heterocycles. The van der Waals surface area contributed by atoms with Crippen LogP contribution in [-0.2, 0) is 0 Å². The van der Waals surface area contributed by atoms with E-state index >= 15 is 0 Å². The molecule has 14 heavy (non-hydrogen) atoms. The summed E-state index contributed by atoms with van der Waals surface area (Å²) in [4.78, 5) is 0. The van der Waals surface area contributed by atoms with Crippen LogP contribution in [0.2, 0.25) is 15.1 Å². The average molecular weight is 251 g/mol. The first-order chi connectivity index (χ1) is 6.65. The van der Waals surface area contributed by atoms with Crippen molar-refractivity contribution in [2.75, 3.05) is 6.61 Å². The molecule has 0 N–H and O–H groups in total. The van der Waals surface area contributed by atoms with Gasteiger partial charge in [0, 0.05) is 5.02 Å². The van der Waals surface area contributed by atoms with Crippen LogP contribution in [0.25, 0.3) is 0 Å². The van der Waals surface area contributed by atoms with Crippen molar-refractivity contribution in [1.29, 1.82) is 5.26 Å². The van der Waals surface area contributed by atoms with Gasteiger partial charge in [0.15, 0.2) is 5.75 Å². The van der Waals surface area contributed by atoms with E-state index in [4.69, 9.17) is 44.8 Å². The molecule has 0 amide bonds. The summed E-state index contributed by atoms with van der Waals surface area (Å²) in [6, 6.07) is 5.03. The number of benzene rings is 1. The third-order valence-corrected chi connectivity index (χ3v) is 2.20. The summed E-state index contributed by atoms with van der Waals surface area (Å²) in [7, 11) is 0. The van der Waals surface area contributed by atoms with E-state index in [1.165, 1.54) is 12.1 Å². The molecule has 0 aliphatic rings. The van der Waals surface area contributed by atoms with Crippen LogP contribution >= 0.6 is 34.8 Å². The third kappa shape index (κ3) is 2.95. The maximum atomic E-state index is 8.31. The zero-order chi connectivity index (χ0) is 10.6. The first-order valence-electron chi connectivity index (χ1n) is 3.79. The zero-order valence-corrected chi connectivity index (χ0v) is 9.33. The minimum absolute atomic E-state index is 0.261. The lowest BCUT2D eigenvalue weighted by Gasteiger charge is -2.08. The largest absolute Gasteiger partial charge is 0.489 e. The molecule has 1 aromatic carbocycles. The van der Waals surface area contributed by atoms with Gasteiger partial charge in [0.2, 0.25) is 0 Å². The van der Waals surface area contributed by atoms with Gasteiger partial charge in [-0.05, 0) is 12.1 Å². The fraction of sp³-hybridized carbons (Fsp3) is 0.222. The first-order valence-corrected chi connectivity index (χ1v) is 4.93. The molecule has 0 fully saturated rings. The SMILES string of the molecule is N#CCCOc1c(Cl)cc(Cl)cc1Cl. The highest BCUT2D eigenvalue weighted by atomic mass is 35.5. The molecule has 1 aromatic rings. The van der Waals surface area contributed by atoms with Gasteiger partial charge in [-0.2, -0.15) is 5.26 Å². The lowest BCUT2D eigenvalue weighted by atomic mass is 10.3. The number of hydrogen-bond acceptors (Lipinski definition) is 2. The number of rotatable bonds is 3. The fourth-order valence-electron chi connectivity index (χ4n) is 0.866. The highest BCUT2D eigenvalue weighted by Crippen LogP contribution is 2.35. The maximum absolute atomic E-state index is 8.31. The Morgan fingerprint density at radius 3 is 2.29 bits per heavy atom. The molecule has 0 saturated carbocycles. The molecule has 0 spiro atoms. The summed E-state index contributed by atoms with van der Waals surface area (Å²) in [5.74, 6) is 0.369. The summed E-state index contributed by atoms with van der Waals surface area (Å²) in [5.41, 5.74) is 0. The van der Waals surface area contributed by atoms with E-state index in [2.05, 4.69) is 0 Å². The van der Waals surface area contributed by atoms with Crippen molar-refractivity contribution < 1.29 is 4.74 Å². The molecule has 0 bridgehead atoms. The molecule has 1 rings (SSSR count). The van der Waals surface area contributed by atoms with Crippen molar-refractivity contribution in [1.82, 2.24) is 0 Å². The van der Waals surface area contributed by atoms with Gasteiger partial charge in [-0.1, -0.05) is 34.8 Å². The average Bonchev–Trinajstić information content (AvgIpc) is 2.09. The Balaban J connectivity index is 2.81. The van der Waals surface area contributed by atoms with Gasteiger partial charge in [0.05, 0.1) is 22.5 Å². The van der Waals surface area contributed by atoms with Crippen LogP contribution in [-0.4, -0.2) is 6.61 Å². The van der Waals surface area contributed by atoms with E-state index in [1.54, 1.807) is 0 Å². The predicted molar refractivity (Wildman–Crippen MR) is 57.2 cm³/mol. The van der Waals surface area contributed by atoms with Crippen LogP contribution in [0.5, 0.6) is 5.75 Å². The standard InChI is InChI=1S/C9H6Cl3NO/c10-6-4-7(11)9(8(12)5-6)14-3-1-2-13/h4-5H,1,3H2. The van der Waals surface area contributed by atoms with Crippen LogP contribution in [0.15, 0.2) is 12.1 Å². The molecule has 0 aliphatic carbocycles. The van der Waals surface area contributed by atoms with Crippen molar-refractivity contribution in [3.63, 3.8) is 0 Å². The Hall–Kier alpha value is -0.620. The molecule has 2 nitrogen and oxygen atoms in total. The van der Waals surface area contributed by atoms with E-state index in [0.29, 0.717) is 20.8 Å². The second-order valence-corrected chi connectivity index (χ2v) is 3.71. The molecule has 0 unspecified atom stereocenters. The molecular formula is C9H6Cl3NO. The number of hydrogen-bond donors (Lipinski definition) is 0. The van der Waals surface area contributed by atoms with Gasteiger partial charge < -0.3 is 4.74 Å². The van der Waals surface area contributed by atoms with Gasteiger partial charge in [0.1, 0.15) is 6.61 Å². The second-order valence-electron chi connectivity index (χ2n) is 2.46. The highest BCUT2D eigenvalue weighted by molar-refractivity contribution is 6.40. The van der Waals surface area contributed by atoms with Gasteiger partial charge in [-0.25, -0.2) is 0 Å². The third-order valence-electron chi connectivity index (χ3n) is 1.42. The summed E-state index contributed by atoms with van der Waals surface area (Å²) in [6.45, 7) is 0.261. The van der Waals surface area contributed by atoms with Crippen LogP contribution in [0.3, 0.4) is 0 Å². The number of nitrogens with zero attached hydrogens (tertiary/aromatic N) is 1. The maximum Gasteiger partial charge on any atom is 0.156 e. The van der Waals surface area contributed by atoms with Crippen molar-refractivity contribution in [3.05, 3.63) is 27.2 Å². The topological polar surface area (TPSA) is 33.0 Å². The van der Waals surface area contributed by atoms with Gasteiger partial charge in [0.25, 0.3) is 0 Å². The smallest absolute Gasteiger partial charge is 0.156 e. The van der Waals surface area contributed by atoms with Crippen molar-refractivity contribution in [3.8, 4) is 11.8 Å². The highest BCUT2D eigenvalue weighted by Gasteiger charge is 2.08. The Morgan fingerprint density at radius 1 is 1.21 bits per heavy atom. The molecule has 5 heteroatoms. The van der Waals surface area contributed by atoms with E-state index in [-0.39, 0.29) is 13.0 Å². The summed E-state index contributed by atoms with van der Waals surface area (Å²) >= 11 is 17.4. The van der Waals surface area contributed by atoms with Crippen LogP contribution < -0.4 is 4.74 Å². The second kappa shape index (κ2) is 5.31. The molecule has 0 heterocycles. The van der Waals surface area contributed by atoms with Gasteiger partial charge >= 0.3 is 0 Å². The minimum Gasteiger partial charge on any atom is -0.489 e. The van der Waals surface area contributed by atoms with E-state index < -0.39 is 0 Å². The Kier molecular flexibility index (Phi) is 4.34. The monoisotopic (exact) mass is 249 g/mol. The van der Waals surface area contributed by atoms with Crippen LogP contribution in [0, 0.1) is 11.3 Å². The van der Waals surface area contributed by atoms with Crippen molar-refractivity contribution >= 4 is 34.8 Å². The lowest BCUT2D eigenvalue weighted by Crippen LogP contribution is -1.97. The van der Waals surface area contributed by atoms with Crippen LogP contribution in [0.1, 0.15) is 6.42 Å². The normalized spacial score (nSPS) is 9.57. The van der Waals surface area contributed by atoms with E-state index in [9.17, 15) is 0 Å².